The molecule has 0 saturated heterocycles. The molecule has 2 aromatic carbocycles. The maximum atomic E-state index is 12.8. The number of rotatable bonds is 3. The molecule has 0 unspecified atom stereocenters. The third kappa shape index (κ3) is 2.74. The zero-order chi connectivity index (χ0) is 13.0. The van der Waals surface area contributed by atoms with Crippen LogP contribution >= 0.6 is 0 Å². The molecule has 2 aromatic rings. The van der Waals surface area contributed by atoms with E-state index in [4.69, 9.17) is 4.74 Å². The van der Waals surface area contributed by atoms with E-state index in [1.807, 2.05) is 31.2 Å². The summed E-state index contributed by atoms with van der Waals surface area (Å²) in [6.45, 7) is 1.89. The quantitative estimate of drug-likeness (QED) is 0.747. The average molecular weight is 243 g/mol. The molecule has 0 bridgehead atoms. The van der Waals surface area contributed by atoms with E-state index in [2.05, 4.69) is 4.99 Å². The van der Waals surface area contributed by atoms with Crippen LogP contribution in [0.5, 0.6) is 5.75 Å². The molecular formula is C15H14FNO. The fourth-order valence-corrected chi connectivity index (χ4v) is 1.66. The monoisotopic (exact) mass is 243 g/mol. The SMILES string of the molecule is COc1ccccc1N=C(C)c1ccc(F)cc1. The number of ether oxygens (including phenoxy) is 1. The molecule has 0 amide bonds. The topological polar surface area (TPSA) is 21.6 Å². The molecular weight excluding hydrogens is 229 g/mol. The van der Waals surface area contributed by atoms with Gasteiger partial charge in [-0.05, 0) is 36.8 Å². The second-order valence-electron chi connectivity index (χ2n) is 3.88. The van der Waals surface area contributed by atoms with Gasteiger partial charge < -0.3 is 4.74 Å². The van der Waals surface area contributed by atoms with E-state index in [1.54, 1.807) is 19.2 Å². The fraction of sp³-hybridized carbons (Fsp3) is 0.133. The van der Waals surface area contributed by atoms with Gasteiger partial charge >= 0.3 is 0 Å². The molecule has 2 rings (SSSR count). The van der Waals surface area contributed by atoms with Crippen molar-refractivity contribution in [3.63, 3.8) is 0 Å². The highest BCUT2D eigenvalue weighted by atomic mass is 19.1. The zero-order valence-electron chi connectivity index (χ0n) is 10.4. The van der Waals surface area contributed by atoms with Crippen molar-refractivity contribution in [3.8, 4) is 5.75 Å². The predicted octanol–water partition coefficient (Wildman–Crippen LogP) is 3.98. The summed E-state index contributed by atoms with van der Waals surface area (Å²) >= 11 is 0. The molecule has 0 fully saturated rings. The lowest BCUT2D eigenvalue weighted by atomic mass is 10.1. The molecule has 0 N–H and O–H groups in total. The minimum absolute atomic E-state index is 0.246. The van der Waals surface area contributed by atoms with Crippen molar-refractivity contribution in [2.75, 3.05) is 7.11 Å². The third-order valence-corrected chi connectivity index (χ3v) is 2.64. The van der Waals surface area contributed by atoms with Gasteiger partial charge in [0.05, 0.1) is 7.11 Å². The van der Waals surface area contributed by atoms with Crippen LogP contribution in [0.2, 0.25) is 0 Å². The number of halogens is 1. The predicted molar refractivity (Wildman–Crippen MR) is 71.3 cm³/mol. The Morgan fingerprint density at radius 2 is 1.72 bits per heavy atom. The van der Waals surface area contributed by atoms with Gasteiger partial charge in [-0.2, -0.15) is 0 Å². The van der Waals surface area contributed by atoms with E-state index >= 15 is 0 Å². The highest BCUT2D eigenvalue weighted by Gasteiger charge is 2.02. The molecule has 0 heterocycles. The van der Waals surface area contributed by atoms with Crippen molar-refractivity contribution in [1.29, 1.82) is 0 Å². The summed E-state index contributed by atoms with van der Waals surface area (Å²) in [5.41, 5.74) is 2.48. The standard InChI is InChI=1S/C15H14FNO/c1-11(12-7-9-13(16)10-8-12)17-14-5-3-4-6-15(14)18-2/h3-10H,1-2H3. The van der Waals surface area contributed by atoms with Gasteiger partial charge in [0.1, 0.15) is 17.3 Å². The molecule has 0 aromatic heterocycles. The number of nitrogens with zero attached hydrogens (tertiary/aromatic N) is 1. The lowest BCUT2D eigenvalue weighted by molar-refractivity contribution is 0.416. The first-order chi connectivity index (χ1) is 8.70. The van der Waals surface area contributed by atoms with Crippen LogP contribution in [0.25, 0.3) is 0 Å². The van der Waals surface area contributed by atoms with Crippen LogP contribution in [0.4, 0.5) is 10.1 Å². The summed E-state index contributed by atoms with van der Waals surface area (Å²) in [5.74, 6) is 0.475. The molecule has 0 aliphatic rings. The second-order valence-corrected chi connectivity index (χ2v) is 3.88. The molecule has 0 radical (unpaired) electrons. The Bertz CT molecular complexity index is 561. The average Bonchev–Trinajstić information content (AvgIpc) is 2.40. The highest BCUT2D eigenvalue weighted by molar-refractivity contribution is 6.00. The van der Waals surface area contributed by atoms with Crippen LogP contribution in [0, 0.1) is 5.82 Å². The Morgan fingerprint density at radius 1 is 1.06 bits per heavy atom. The largest absolute Gasteiger partial charge is 0.494 e. The van der Waals surface area contributed by atoms with Crippen LogP contribution in [-0.2, 0) is 0 Å². The number of aliphatic imine (C=N–C) groups is 1. The Morgan fingerprint density at radius 3 is 2.39 bits per heavy atom. The van der Waals surface area contributed by atoms with Gasteiger partial charge in [0.15, 0.2) is 0 Å². The fourth-order valence-electron chi connectivity index (χ4n) is 1.66. The van der Waals surface area contributed by atoms with Crippen molar-refractivity contribution in [2.45, 2.75) is 6.92 Å². The molecule has 0 atom stereocenters. The van der Waals surface area contributed by atoms with Crippen LogP contribution < -0.4 is 4.74 Å². The van der Waals surface area contributed by atoms with Crippen LogP contribution in [0.1, 0.15) is 12.5 Å². The highest BCUT2D eigenvalue weighted by Crippen LogP contribution is 2.27. The van der Waals surface area contributed by atoms with E-state index in [1.165, 1.54) is 12.1 Å². The minimum atomic E-state index is -0.246. The summed E-state index contributed by atoms with van der Waals surface area (Å²) < 4.78 is 18.1. The molecule has 0 aliphatic carbocycles. The molecule has 0 saturated carbocycles. The summed E-state index contributed by atoms with van der Waals surface area (Å²) in [7, 11) is 1.61. The van der Waals surface area contributed by atoms with Gasteiger partial charge in [-0.15, -0.1) is 0 Å². The van der Waals surface area contributed by atoms with Crippen LogP contribution in [0.15, 0.2) is 53.5 Å². The Kier molecular flexibility index (Phi) is 3.72. The normalized spacial score (nSPS) is 11.4. The summed E-state index contributed by atoms with van der Waals surface area (Å²) in [4.78, 5) is 4.50. The number of methoxy groups -OCH3 is 1. The summed E-state index contributed by atoms with van der Waals surface area (Å²) in [6, 6.07) is 13.8. The van der Waals surface area contributed by atoms with E-state index in [0.29, 0.717) is 0 Å². The van der Waals surface area contributed by atoms with Crippen molar-refractivity contribution in [2.24, 2.45) is 4.99 Å². The molecule has 3 heteroatoms. The van der Waals surface area contributed by atoms with Gasteiger partial charge in [0, 0.05) is 5.71 Å². The molecule has 92 valence electrons. The molecule has 0 aliphatic heterocycles. The minimum Gasteiger partial charge on any atom is -0.494 e. The third-order valence-electron chi connectivity index (χ3n) is 2.64. The van der Waals surface area contributed by atoms with Gasteiger partial charge in [-0.25, -0.2) is 9.38 Å². The van der Waals surface area contributed by atoms with E-state index < -0.39 is 0 Å². The van der Waals surface area contributed by atoms with Crippen molar-refractivity contribution in [1.82, 2.24) is 0 Å². The van der Waals surface area contributed by atoms with Crippen LogP contribution in [-0.4, -0.2) is 12.8 Å². The Balaban J connectivity index is 2.35. The van der Waals surface area contributed by atoms with Gasteiger partial charge in [0.25, 0.3) is 0 Å². The van der Waals surface area contributed by atoms with Crippen molar-refractivity contribution >= 4 is 11.4 Å². The zero-order valence-corrected chi connectivity index (χ0v) is 10.4. The number of benzene rings is 2. The maximum Gasteiger partial charge on any atom is 0.144 e. The molecule has 18 heavy (non-hydrogen) atoms. The lowest BCUT2D eigenvalue weighted by Crippen LogP contribution is -1.94. The molecule has 2 nitrogen and oxygen atoms in total. The second kappa shape index (κ2) is 5.45. The van der Waals surface area contributed by atoms with E-state index in [9.17, 15) is 4.39 Å². The Labute approximate surface area is 106 Å². The lowest BCUT2D eigenvalue weighted by Gasteiger charge is -2.05. The summed E-state index contributed by atoms with van der Waals surface area (Å²) in [6.07, 6.45) is 0. The first-order valence-corrected chi connectivity index (χ1v) is 5.65. The summed E-state index contributed by atoms with van der Waals surface area (Å²) in [5, 5.41) is 0. The first kappa shape index (κ1) is 12.3. The number of hydrogen-bond donors (Lipinski definition) is 0. The number of para-hydroxylation sites is 2. The van der Waals surface area contributed by atoms with Gasteiger partial charge in [0.2, 0.25) is 0 Å². The maximum absolute atomic E-state index is 12.8. The van der Waals surface area contributed by atoms with E-state index in [-0.39, 0.29) is 5.82 Å². The smallest absolute Gasteiger partial charge is 0.144 e. The van der Waals surface area contributed by atoms with E-state index in [0.717, 1.165) is 22.7 Å². The molecule has 0 spiro atoms. The van der Waals surface area contributed by atoms with Crippen LogP contribution in [0.3, 0.4) is 0 Å². The van der Waals surface area contributed by atoms with Gasteiger partial charge in [-0.1, -0.05) is 24.3 Å². The van der Waals surface area contributed by atoms with Crippen molar-refractivity contribution < 1.29 is 9.13 Å². The first-order valence-electron chi connectivity index (χ1n) is 5.65. The van der Waals surface area contributed by atoms with Gasteiger partial charge in [-0.3, -0.25) is 0 Å². The Hall–Kier alpha value is -2.16. The van der Waals surface area contributed by atoms with Crippen molar-refractivity contribution in [3.05, 3.63) is 59.9 Å². The number of hydrogen-bond acceptors (Lipinski definition) is 2.